The maximum absolute atomic E-state index is 12.5. The van der Waals surface area contributed by atoms with Gasteiger partial charge in [-0.25, -0.2) is 0 Å². The number of aromatic nitrogens is 1. The molecular weight excluding hydrogens is 310 g/mol. The molecule has 23 heavy (non-hydrogen) atoms. The van der Waals surface area contributed by atoms with Gasteiger partial charge in [-0.3, -0.25) is 9.78 Å². The van der Waals surface area contributed by atoms with Crippen molar-refractivity contribution < 1.29 is 9.53 Å². The van der Waals surface area contributed by atoms with E-state index in [2.05, 4.69) is 9.88 Å². The first kappa shape index (κ1) is 16.0. The standard InChI is InChI=1S/C17H21N3O2S/c1-12-9-13(19(2)3)10-14(18-12)15-11-20(6-7-22-15)17(21)16-5-4-8-23-16/h4-5,8-10,15H,6-7,11H2,1-3H3/t15-/m0/s1. The summed E-state index contributed by atoms with van der Waals surface area (Å²) in [6.45, 7) is 3.68. The summed E-state index contributed by atoms with van der Waals surface area (Å²) in [6, 6.07) is 7.85. The second-order valence-corrected chi connectivity index (χ2v) is 6.82. The Balaban J connectivity index is 1.80. The lowest BCUT2D eigenvalue weighted by atomic mass is 10.1. The molecule has 5 nitrogen and oxygen atoms in total. The van der Waals surface area contributed by atoms with E-state index in [1.807, 2.05) is 55.6 Å². The molecule has 1 aliphatic rings. The molecule has 0 spiro atoms. The van der Waals surface area contributed by atoms with Crippen LogP contribution in [0.15, 0.2) is 29.6 Å². The summed E-state index contributed by atoms with van der Waals surface area (Å²) in [7, 11) is 4.01. The zero-order valence-electron chi connectivity index (χ0n) is 13.7. The molecule has 2 aromatic rings. The molecule has 0 unspecified atom stereocenters. The van der Waals surface area contributed by atoms with Crippen molar-refractivity contribution in [2.45, 2.75) is 13.0 Å². The Labute approximate surface area is 140 Å². The quantitative estimate of drug-likeness (QED) is 0.867. The van der Waals surface area contributed by atoms with Gasteiger partial charge in [0, 0.05) is 32.0 Å². The maximum atomic E-state index is 12.5. The topological polar surface area (TPSA) is 45.7 Å². The van der Waals surface area contributed by atoms with Crippen LogP contribution in [0.5, 0.6) is 0 Å². The van der Waals surface area contributed by atoms with E-state index in [0.717, 1.165) is 22.0 Å². The van der Waals surface area contributed by atoms with Crippen molar-refractivity contribution in [1.82, 2.24) is 9.88 Å². The highest BCUT2D eigenvalue weighted by atomic mass is 32.1. The van der Waals surface area contributed by atoms with Crippen LogP contribution in [0.1, 0.15) is 27.2 Å². The lowest BCUT2D eigenvalue weighted by Gasteiger charge is -2.33. The molecule has 0 saturated carbocycles. The second kappa shape index (κ2) is 6.68. The Kier molecular flexibility index (Phi) is 4.63. The molecule has 3 heterocycles. The molecule has 1 amide bonds. The van der Waals surface area contributed by atoms with E-state index in [9.17, 15) is 4.79 Å². The number of pyridine rings is 1. The van der Waals surface area contributed by atoms with Gasteiger partial charge in [-0.1, -0.05) is 6.07 Å². The van der Waals surface area contributed by atoms with E-state index in [-0.39, 0.29) is 12.0 Å². The lowest BCUT2D eigenvalue weighted by molar-refractivity contribution is -0.0246. The third-order valence-corrected chi connectivity index (χ3v) is 4.75. The summed E-state index contributed by atoms with van der Waals surface area (Å²) < 4.78 is 5.88. The Morgan fingerprint density at radius 2 is 2.26 bits per heavy atom. The number of ether oxygens (including phenoxy) is 1. The molecule has 0 N–H and O–H groups in total. The Bertz CT molecular complexity index is 685. The van der Waals surface area contributed by atoms with Gasteiger partial charge in [-0.05, 0) is 30.5 Å². The molecular formula is C17H21N3O2S. The zero-order valence-corrected chi connectivity index (χ0v) is 14.5. The van der Waals surface area contributed by atoms with Crippen molar-refractivity contribution in [3.8, 4) is 0 Å². The van der Waals surface area contributed by atoms with E-state index in [1.54, 1.807) is 0 Å². The molecule has 0 radical (unpaired) electrons. The largest absolute Gasteiger partial charge is 0.378 e. The molecule has 6 heteroatoms. The molecule has 0 aromatic carbocycles. The Morgan fingerprint density at radius 3 is 2.96 bits per heavy atom. The summed E-state index contributed by atoms with van der Waals surface area (Å²) in [4.78, 5) is 21.8. The highest BCUT2D eigenvalue weighted by molar-refractivity contribution is 7.12. The van der Waals surface area contributed by atoms with Crippen molar-refractivity contribution in [2.75, 3.05) is 38.7 Å². The van der Waals surface area contributed by atoms with Crippen LogP contribution >= 0.6 is 11.3 Å². The van der Waals surface area contributed by atoms with E-state index in [4.69, 9.17) is 4.74 Å². The van der Waals surface area contributed by atoms with Gasteiger partial charge in [0.05, 0.1) is 23.7 Å². The van der Waals surface area contributed by atoms with Gasteiger partial charge < -0.3 is 14.5 Å². The third-order valence-electron chi connectivity index (χ3n) is 3.89. The van der Waals surface area contributed by atoms with E-state index in [1.165, 1.54) is 11.3 Å². The number of morpholine rings is 1. The van der Waals surface area contributed by atoms with Crippen LogP contribution in [-0.2, 0) is 4.74 Å². The summed E-state index contributed by atoms with van der Waals surface area (Å²) in [5.74, 6) is 0.0776. The monoisotopic (exact) mass is 331 g/mol. The number of carbonyl (C=O) groups is 1. The van der Waals surface area contributed by atoms with Crippen LogP contribution in [0, 0.1) is 6.92 Å². The summed E-state index contributed by atoms with van der Waals surface area (Å²) >= 11 is 1.48. The van der Waals surface area contributed by atoms with Gasteiger partial charge in [0.2, 0.25) is 0 Å². The van der Waals surface area contributed by atoms with Gasteiger partial charge in [0.25, 0.3) is 5.91 Å². The van der Waals surface area contributed by atoms with Gasteiger partial charge in [0.1, 0.15) is 6.10 Å². The summed E-state index contributed by atoms with van der Waals surface area (Å²) in [6.07, 6.45) is -0.175. The number of amides is 1. The smallest absolute Gasteiger partial charge is 0.264 e. The molecule has 1 atom stereocenters. The summed E-state index contributed by atoms with van der Waals surface area (Å²) in [5.41, 5.74) is 2.94. The Morgan fingerprint density at radius 1 is 1.43 bits per heavy atom. The number of thiophene rings is 1. The number of hydrogen-bond donors (Lipinski definition) is 0. The Hall–Kier alpha value is -1.92. The average molecular weight is 331 g/mol. The van der Waals surface area contributed by atoms with E-state index >= 15 is 0 Å². The number of aryl methyl sites for hydroxylation is 1. The number of carbonyl (C=O) groups excluding carboxylic acids is 1. The predicted octanol–water partition coefficient (Wildman–Crippen LogP) is 2.73. The fourth-order valence-electron chi connectivity index (χ4n) is 2.67. The van der Waals surface area contributed by atoms with Crippen LogP contribution in [-0.4, -0.2) is 49.6 Å². The predicted molar refractivity (Wildman–Crippen MR) is 92.2 cm³/mol. The fourth-order valence-corrected chi connectivity index (χ4v) is 3.36. The molecule has 0 aliphatic carbocycles. The number of rotatable bonds is 3. The molecule has 1 fully saturated rings. The van der Waals surface area contributed by atoms with Crippen LogP contribution in [0.4, 0.5) is 5.69 Å². The van der Waals surface area contributed by atoms with Gasteiger partial charge in [-0.2, -0.15) is 0 Å². The van der Waals surface area contributed by atoms with Gasteiger partial charge in [-0.15, -0.1) is 11.3 Å². The molecule has 1 aliphatic heterocycles. The maximum Gasteiger partial charge on any atom is 0.264 e. The SMILES string of the molecule is Cc1cc(N(C)C)cc([C@@H]2CN(C(=O)c3cccs3)CCO2)n1. The first-order valence-electron chi connectivity index (χ1n) is 7.65. The van der Waals surface area contributed by atoms with Crippen molar-refractivity contribution >= 4 is 22.9 Å². The molecule has 0 bridgehead atoms. The first-order chi connectivity index (χ1) is 11.0. The minimum Gasteiger partial charge on any atom is -0.378 e. The second-order valence-electron chi connectivity index (χ2n) is 5.87. The normalized spacial score (nSPS) is 18.0. The van der Waals surface area contributed by atoms with Crippen LogP contribution in [0.25, 0.3) is 0 Å². The molecule has 2 aromatic heterocycles. The van der Waals surface area contributed by atoms with Crippen molar-refractivity contribution in [3.63, 3.8) is 0 Å². The van der Waals surface area contributed by atoms with E-state index in [0.29, 0.717) is 19.7 Å². The van der Waals surface area contributed by atoms with Crippen LogP contribution in [0.3, 0.4) is 0 Å². The lowest BCUT2D eigenvalue weighted by Crippen LogP contribution is -2.42. The minimum absolute atomic E-state index is 0.0776. The fraction of sp³-hybridized carbons (Fsp3) is 0.412. The molecule has 1 saturated heterocycles. The highest BCUT2D eigenvalue weighted by Crippen LogP contribution is 2.26. The minimum atomic E-state index is -0.175. The third kappa shape index (κ3) is 3.54. The van der Waals surface area contributed by atoms with E-state index < -0.39 is 0 Å². The average Bonchev–Trinajstić information content (AvgIpc) is 3.08. The zero-order chi connectivity index (χ0) is 16.4. The summed E-state index contributed by atoms with van der Waals surface area (Å²) in [5, 5.41) is 1.93. The van der Waals surface area contributed by atoms with Crippen molar-refractivity contribution in [2.24, 2.45) is 0 Å². The molecule has 122 valence electrons. The number of hydrogen-bond acceptors (Lipinski definition) is 5. The van der Waals surface area contributed by atoms with Crippen molar-refractivity contribution in [3.05, 3.63) is 45.9 Å². The van der Waals surface area contributed by atoms with Gasteiger partial charge in [0.15, 0.2) is 0 Å². The molecule has 3 rings (SSSR count). The van der Waals surface area contributed by atoms with Crippen molar-refractivity contribution in [1.29, 1.82) is 0 Å². The number of anilines is 1. The first-order valence-corrected chi connectivity index (χ1v) is 8.53. The number of nitrogens with zero attached hydrogens (tertiary/aromatic N) is 3. The highest BCUT2D eigenvalue weighted by Gasteiger charge is 2.27. The van der Waals surface area contributed by atoms with Crippen LogP contribution in [0.2, 0.25) is 0 Å². The van der Waals surface area contributed by atoms with Crippen LogP contribution < -0.4 is 4.90 Å². The van der Waals surface area contributed by atoms with Gasteiger partial charge >= 0.3 is 0 Å².